The molecule has 1 saturated heterocycles. The molecule has 11 heavy (non-hydrogen) atoms. The van der Waals surface area contributed by atoms with Crippen LogP contribution in [-0.2, 0) is 4.79 Å². The molecule has 0 N–H and O–H groups in total. The fourth-order valence-corrected chi connectivity index (χ4v) is 1.46. The predicted octanol–water partition coefficient (Wildman–Crippen LogP) is 0.930. The van der Waals surface area contributed by atoms with Crippen LogP contribution in [-0.4, -0.2) is 30.6 Å². The summed E-state index contributed by atoms with van der Waals surface area (Å²) in [6.07, 6.45) is 3.73. The van der Waals surface area contributed by atoms with E-state index in [1.54, 1.807) is 0 Å². The number of likely N-dealkylation sites (N-methyl/N-ethyl adjacent to an activating group) is 1. The summed E-state index contributed by atoms with van der Waals surface area (Å²) in [4.78, 5) is 15.6. The highest BCUT2D eigenvalue weighted by molar-refractivity contribution is 5.37. The second kappa shape index (κ2) is 3.46. The zero-order valence-corrected chi connectivity index (χ0v) is 6.71. The molecule has 0 amide bonds. The Hall–Kier alpha value is -0.920. The molecule has 0 aromatic carbocycles. The minimum Gasteiger partial charge on any atom is -0.298 e. The number of hydrogen-bond acceptors (Lipinski definition) is 3. The van der Waals surface area contributed by atoms with E-state index in [-0.39, 0.29) is 6.04 Å². The van der Waals surface area contributed by atoms with Gasteiger partial charge in [-0.1, -0.05) is 6.58 Å². The standard InChI is InChI=1S/C8H12N2O/c1-7(9-6-11)8-4-3-5-10(8)2/h8H,1,3-5H2,2H3. The van der Waals surface area contributed by atoms with Crippen LogP contribution < -0.4 is 0 Å². The molecule has 1 aliphatic rings. The van der Waals surface area contributed by atoms with Crippen molar-refractivity contribution in [2.45, 2.75) is 18.9 Å². The maximum absolute atomic E-state index is 9.91. The molecule has 0 saturated carbocycles. The second-order valence-electron chi connectivity index (χ2n) is 2.83. The van der Waals surface area contributed by atoms with Crippen LogP contribution in [0.1, 0.15) is 12.8 Å². The average Bonchev–Trinajstić information content (AvgIpc) is 2.36. The van der Waals surface area contributed by atoms with E-state index in [2.05, 4.69) is 16.5 Å². The van der Waals surface area contributed by atoms with E-state index in [0.29, 0.717) is 5.70 Å². The Morgan fingerprint density at radius 2 is 2.55 bits per heavy atom. The molecule has 1 heterocycles. The number of aliphatic imine (C=N–C) groups is 1. The van der Waals surface area contributed by atoms with Gasteiger partial charge in [-0.3, -0.25) is 4.90 Å². The van der Waals surface area contributed by atoms with Crippen molar-refractivity contribution in [3.05, 3.63) is 12.3 Å². The fraction of sp³-hybridized carbons (Fsp3) is 0.625. The van der Waals surface area contributed by atoms with E-state index in [1.807, 2.05) is 7.05 Å². The zero-order chi connectivity index (χ0) is 8.27. The average molecular weight is 152 g/mol. The molecule has 0 aromatic rings. The van der Waals surface area contributed by atoms with Gasteiger partial charge in [-0.25, -0.2) is 4.79 Å². The maximum Gasteiger partial charge on any atom is 0.240 e. The van der Waals surface area contributed by atoms with E-state index in [4.69, 9.17) is 0 Å². The molecule has 1 unspecified atom stereocenters. The van der Waals surface area contributed by atoms with Crippen molar-refractivity contribution in [3.8, 4) is 0 Å². The van der Waals surface area contributed by atoms with Crippen molar-refractivity contribution < 1.29 is 4.79 Å². The van der Waals surface area contributed by atoms with Crippen LogP contribution in [0.4, 0.5) is 0 Å². The van der Waals surface area contributed by atoms with Crippen molar-refractivity contribution in [2.24, 2.45) is 4.99 Å². The first-order chi connectivity index (χ1) is 5.25. The van der Waals surface area contributed by atoms with E-state index in [0.717, 1.165) is 19.4 Å². The van der Waals surface area contributed by atoms with Crippen molar-refractivity contribution in [1.82, 2.24) is 4.90 Å². The number of isocyanates is 1. The van der Waals surface area contributed by atoms with Gasteiger partial charge in [0.15, 0.2) is 0 Å². The summed E-state index contributed by atoms with van der Waals surface area (Å²) in [6, 6.07) is 0.261. The van der Waals surface area contributed by atoms with Crippen molar-refractivity contribution >= 4 is 6.08 Å². The summed E-state index contributed by atoms with van der Waals surface area (Å²) in [7, 11) is 2.02. The van der Waals surface area contributed by atoms with Crippen LogP contribution in [0.3, 0.4) is 0 Å². The maximum atomic E-state index is 9.91. The Morgan fingerprint density at radius 1 is 1.82 bits per heavy atom. The molecule has 0 bridgehead atoms. The monoisotopic (exact) mass is 152 g/mol. The number of carbonyl (C=O) groups excluding carboxylic acids is 1. The highest BCUT2D eigenvalue weighted by Gasteiger charge is 2.22. The van der Waals surface area contributed by atoms with Gasteiger partial charge >= 0.3 is 0 Å². The van der Waals surface area contributed by atoms with Crippen LogP contribution in [0, 0.1) is 0 Å². The van der Waals surface area contributed by atoms with Crippen LogP contribution in [0.15, 0.2) is 17.3 Å². The van der Waals surface area contributed by atoms with E-state index >= 15 is 0 Å². The molecule has 3 nitrogen and oxygen atoms in total. The summed E-state index contributed by atoms with van der Waals surface area (Å²) in [5.41, 5.74) is 0.639. The quantitative estimate of drug-likeness (QED) is 0.435. The Bertz CT molecular complexity index is 206. The number of likely N-dealkylation sites (tertiary alicyclic amines) is 1. The first-order valence-electron chi connectivity index (χ1n) is 3.72. The van der Waals surface area contributed by atoms with E-state index in [1.165, 1.54) is 6.08 Å². The first kappa shape index (κ1) is 8.18. The minimum absolute atomic E-state index is 0.261. The molecule has 0 spiro atoms. The molecular formula is C8H12N2O. The van der Waals surface area contributed by atoms with Crippen molar-refractivity contribution in [1.29, 1.82) is 0 Å². The highest BCUT2D eigenvalue weighted by atomic mass is 16.1. The summed E-state index contributed by atoms with van der Waals surface area (Å²) in [6.45, 7) is 4.77. The van der Waals surface area contributed by atoms with Gasteiger partial charge in [-0.2, -0.15) is 4.99 Å². The van der Waals surface area contributed by atoms with Gasteiger partial charge in [0.25, 0.3) is 0 Å². The third-order valence-corrected chi connectivity index (χ3v) is 2.09. The van der Waals surface area contributed by atoms with Gasteiger partial charge in [-0.15, -0.1) is 0 Å². The summed E-state index contributed by atoms with van der Waals surface area (Å²) in [5.74, 6) is 0. The molecule has 1 fully saturated rings. The van der Waals surface area contributed by atoms with Crippen molar-refractivity contribution in [3.63, 3.8) is 0 Å². The third kappa shape index (κ3) is 1.76. The van der Waals surface area contributed by atoms with E-state index in [9.17, 15) is 4.79 Å². The summed E-state index contributed by atoms with van der Waals surface area (Å²) in [5, 5.41) is 0. The van der Waals surface area contributed by atoms with Gasteiger partial charge in [0.2, 0.25) is 6.08 Å². The van der Waals surface area contributed by atoms with Gasteiger partial charge in [0, 0.05) is 0 Å². The Balaban J connectivity index is 2.59. The van der Waals surface area contributed by atoms with Crippen LogP contribution in [0.25, 0.3) is 0 Å². The lowest BCUT2D eigenvalue weighted by molar-refractivity contribution is 0.344. The lowest BCUT2D eigenvalue weighted by Crippen LogP contribution is -2.25. The first-order valence-corrected chi connectivity index (χ1v) is 3.72. The zero-order valence-electron chi connectivity index (χ0n) is 6.71. The number of hydrogen-bond donors (Lipinski definition) is 0. The molecule has 0 radical (unpaired) electrons. The lowest BCUT2D eigenvalue weighted by Gasteiger charge is -2.17. The SMILES string of the molecule is C=C(N=C=O)C1CCCN1C. The molecular weight excluding hydrogens is 140 g/mol. The highest BCUT2D eigenvalue weighted by Crippen LogP contribution is 2.20. The van der Waals surface area contributed by atoms with Gasteiger partial charge in [0.05, 0.1) is 11.7 Å². The molecule has 60 valence electrons. The number of rotatable bonds is 2. The van der Waals surface area contributed by atoms with Crippen molar-refractivity contribution in [2.75, 3.05) is 13.6 Å². The molecule has 1 aliphatic heterocycles. The lowest BCUT2D eigenvalue weighted by atomic mass is 10.2. The van der Waals surface area contributed by atoms with Crippen LogP contribution in [0.2, 0.25) is 0 Å². The van der Waals surface area contributed by atoms with Gasteiger partial charge < -0.3 is 0 Å². The normalized spacial score (nSPS) is 24.6. The van der Waals surface area contributed by atoms with Crippen LogP contribution in [0.5, 0.6) is 0 Å². The molecule has 3 heteroatoms. The molecule has 1 rings (SSSR count). The minimum atomic E-state index is 0.261. The topological polar surface area (TPSA) is 32.7 Å². The predicted molar refractivity (Wildman–Crippen MR) is 42.9 cm³/mol. The smallest absolute Gasteiger partial charge is 0.240 e. The Kier molecular flexibility index (Phi) is 2.58. The van der Waals surface area contributed by atoms with Crippen LogP contribution >= 0.6 is 0 Å². The van der Waals surface area contributed by atoms with Gasteiger partial charge in [-0.05, 0) is 26.4 Å². The Labute approximate surface area is 66.4 Å². The molecule has 0 aromatic heterocycles. The largest absolute Gasteiger partial charge is 0.298 e. The third-order valence-electron chi connectivity index (χ3n) is 2.09. The molecule has 1 atom stereocenters. The Morgan fingerprint density at radius 3 is 3.00 bits per heavy atom. The summed E-state index contributed by atoms with van der Waals surface area (Å²) < 4.78 is 0. The fourth-order valence-electron chi connectivity index (χ4n) is 1.46. The second-order valence-corrected chi connectivity index (χ2v) is 2.83. The van der Waals surface area contributed by atoms with E-state index < -0.39 is 0 Å². The molecule has 0 aliphatic carbocycles. The van der Waals surface area contributed by atoms with Gasteiger partial charge in [0.1, 0.15) is 0 Å². The number of nitrogens with zero attached hydrogens (tertiary/aromatic N) is 2. The summed E-state index contributed by atoms with van der Waals surface area (Å²) >= 11 is 0.